The Hall–Kier alpha value is -1.10. The van der Waals surface area contributed by atoms with Crippen molar-refractivity contribution < 1.29 is 19.3 Å². The summed E-state index contributed by atoms with van der Waals surface area (Å²) in [5.74, 6) is 0.813. The van der Waals surface area contributed by atoms with Crippen LogP contribution in [0.15, 0.2) is 24.3 Å². The molecule has 1 N–H and O–H groups in total. The first-order valence-corrected chi connectivity index (χ1v) is 7.44. The second kappa shape index (κ2) is 8.95. The van der Waals surface area contributed by atoms with E-state index < -0.39 is 0 Å². The molecule has 0 spiro atoms. The Kier molecular flexibility index (Phi) is 6.84. The van der Waals surface area contributed by atoms with E-state index in [0.717, 1.165) is 44.6 Å². The topological polar surface area (TPSA) is 47.9 Å². The average Bonchev–Trinajstić information content (AvgIpc) is 2.51. The molecule has 1 unspecified atom stereocenters. The molecule has 1 aliphatic heterocycles. The molecule has 0 amide bonds. The first-order valence-electron chi connectivity index (χ1n) is 7.44. The molecule has 1 aliphatic rings. The van der Waals surface area contributed by atoms with Crippen LogP contribution in [-0.2, 0) is 15.9 Å². The molecule has 20 heavy (non-hydrogen) atoms. The van der Waals surface area contributed by atoms with Gasteiger partial charge in [0.25, 0.3) is 0 Å². The van der Waals surface area contributed by atoms with Crippen LogP contribution in [0, 0.1) is 0 Å². The molecule has 1 aromatic rings. The van der Waals surface area contributed by atoms with Gasteiger partial charge >= 0.3 is 0 Å². The SMILES string of the molecule is OCCOc1cccc(CCCOC2CCCCO2)c1. The van der Waals surface area contributed by atoms with Crippen molar-refractivity contribution in [3.8, 4) is 5.75 Å². The van der Waals surface area contributed by atoms with Gasteiger partial charge in [0.1, 0.15) is 12.4 Å². The molecule has 1 fully saturated rings. The maximum absolute atomic E-state index is 8.74. The Morgan fingerprint density at radius 3 is 3.00 bits per heavy atom. The summed E-state index contributed by atoms with van der Waals surface area (Å²) in [6.07, 6.45) is 5.31. The summed E-state index contributed by atoms with van der Waals surface area (Å²) in [4.78, 5) is 0. The number of aliphatic hydroxyl groups excluding tert-OH is 1. The van der Waals surface area contributed by atoms with Gasteiger partial charge in [-0.3, -0.25) is 0 Å². The van der Waals surface area contributed by atoms with Crippen LogP contribution in [0.3, 0.4) is 0 Å². The minimum absolute atomic E-state index is 0.00275. The standard InChI is InChI=1S/C16H24O4/c17-9-12-18-15-7-3-5-14(13-15)6-4-11-20-16-8-1-2-10-19-16/h3,5,7,13,16-17H,1-2,4,6,8-12H2. The molecule has 0 aromatic heterocycles. The monoisotopic (exact) mass is 280 g/mol. The predicted molar refractivity (Wildman–Crippen MR) is 76.9 cm³/mol. The lowest BCUT2D eigenvalue weighted by Gasteiger charge is -2.22. The van der Waals surface area contributed by atoms with Crippen LogP contribution < -0.4 is 4.74 Å². The smallest absolute Gasteiger partial charge is 0.157 e. The molecule has 1 heterocycles. The lowest BCUT2D eigenvalue weighted by Crippen LogP contribution is -2.22. The normalized spacial score (nSPS) is 18.9. The second-order valence-electron chi connectivity index (χ2n) is 4.99. The first kappa shape index (κ1) is 15.3. The summed E-state index contributed by atoms with van der Waals surface area (Å²) in [5.41, 5.74) is 1.23. The average molecular weight is 280 g/mol. The van der Waals surface area contributed by atoms with E-state index in [2.05, 4.69) is 6.07 Å². The van der Waals surface area contributed by atoms with Gasteiger partial charge in [-0.05, 0) is 49.8 Å². The van der Waals surface area contributed by atoms with E-state index in [9.17, 15) is 0 Å². The van der Waals surface area contributed by atoms with Gasteiger partial charge in [0.15, 0.2) is 6.29 Å². The van der Waals surface area contributed by atoms with E-state index >= 15 is 0 Å². The molecule has 112 valence electrons. The summed E-state index contributed by atoms with van der Waals surface area (Å²) in [5, 5.41) is 8.74. The number of aliphatic hydroxyl groups is 1. The van der Waals surface area contributed by atoms with Gasteiger partial charge in [0, 0.05) is 6.61 Å². The van der Waals surface area contributed by atoms with E-state index in [1.165, 1.54) is 12.0 Å². The van der Waals surface area contributed by atoms with E-state index in [1.807, 2.05) is 18.2 Å². The van der Waals surface area contributed by atoms with Gasteiger partial charge in [-0.25, -0.2) is 0 Å². The van der Waals surface area contributed by atoms with Crippen molar-refractivity contribution in [2.24, 2.45) is 0 Å². The number of benzene rings is 1. The van der Waals surface area contributed by atoms with Crippen molar-refractivity contribution in [2.45, 2.75) is 38.4 Å². The maximum Gasteiger partial charge on any atom is 0.157 e. The van der Waals surface area contributed by atoms with Crippen LogP contribution in [0.2, 0.25) is 0 Å². The highest BCUT2D eigenvalue weighted by Gasteiger charge is 2.13. The molecule has 1 aromatic carbocycles. The van der Waals surface area contributed by atoms with Crippen LogP contribution in [-0.4, -0.2) is 37.8 Å². The maximum atomic E-state index is 8.74. The van der Waals surface area contributed by atoms with Crippen molar-refractivity contribution in [2.75, 3.05) is 26.4 Å². The van der Waals surface area contributed by atoms with Crippen LogP contribution in [0.4, 0.5) is 0 Å². The van der Waals surface area contributed by atoms with Gasteiger partial charge in [-0.1, -0.05) is 12.1 Å². The molecule has 0 aliphatic carbocycles. The Morgan fingerprint density at radius 1 is 1.25 bits per heavy atom. The minimum atomic E-state index is 0.00275. The van der Waals surface area contributed by atoms with Crippen LogP contribution in [0.25, 0.3) is 0 Å². The number of hydrogen-bond donors (Lipinski definition) is 1. The van der Waals surface area contributed by atoms with Gasteiger partial charge in [0.2, 0.25) is 0 Å². The van der Waals surface area contributed by atoms with Crippen LogP contribution in [0.1, 0.15) is 31.2 Å². The van der Waals surface area contributed by atoms with E-state index in [1.54, 1.807) is 0 Å². The fourth-order valence-electron chi connectivity index (χ4n) is 2.29. The lowest BCUT2D eigenvalue weighted by atomic mass is 10.1. The molecule has 2 rings (SSSR count). The van der Waals surface area contributed by atoms with Crippen molar-refractivity contribution in [1.82, 2.24) is 0 Å². The van der Waals surface area contributed by atoms with Crippen molar-refractivity contribution in [3.05, 3.63) is 29.8 Å². The van der Waals surface area contributed by atoms with Gasteiger partial charge in [-0.15, -0.1) is 0 Å². The first-order chi connectivity index (χ1) is 9.88. The molecule has 1 saturated heterocycles. The van der Waals surface area contributed by atoms with Crippen molar-refractivity contribution in [1.29, 1.82) is 0 Å². The van der Waals surface area contributed by atoms with Crippen molar-refractivity contribution >= 4 is 0 Å². The fraction of sp³-hybridized carbons (Fsp3) is 0.625. The number of ether oxygens (including phenoxy) is 3. The molecule has 4 nitrogen and oxygen atoms in total. The summed E-state index contributed by atoms with van der Waals surface area (Å²) >= 11 is 0. The number of hydrogen-bond acceptors (Lipinski definition) is 4. The fourth-order valence-corrected chi connectivity index (χ4v) is 2.29. The minimum Gasteiger partial charge on any atom is -0.491 e. The summed E-state index contributed by atoms with van der Waals surface area (Å²) < 4.78 is 16.6. The summed E-state index contributed by atoms with van der Waals surface area (Å²) in [6.45, 7) is 1.94. The number of rotatable bonds is 8. The van der Waals surface area contributed by atoms with Gasteiger partial charge in [-0.2, -0.15) is 0 Å². The zero-order valence-corrected chi connectivity index (χ0v) is 11.9. The highest BCUT2D eigenvalue weighted by molar-refractivity contribution is 5.28. The highest BCUT2D eigenvalue weighted by atomic mass is 16.7. The molecule has 0 radical (unpaired) electrons. The van der Waals surface area contributed by atoms with Crippen LogP contribution >= 0.6 is 0 Å². The molecule has 0 saturated carbocycles. The van der Waals surface area contributed by atoms with Crippen molar-refractivity contribution in [3.63, 3.8) is 0 Å². The second-order valence-corrected chi connectivity index (χ2v) is 4.99. The third kappa shape index (κ3) is 5.49. The Balaban J connectivity index is 1.65. The highest BCUT2D eigenvalue weighted by Crippen LogP contribution is 2.16. The zero-order chi connectivity index (χ0) is 14.0. The van der Waals surface area contributed by atoms with E-state index in [0.29, 0.717) is 6.61 Å². The zero-order valence-electron chi connectivity index (χ0n) is 11.9. The Morgan fingerprint density at radius 2 is 2.20 bits per heavy atom. The summed E-state index contributed by atoms with van der Waals surface area (Å²) in [7, 11) is 0. The van der Waals surface area contributed by atoms with Gasteiger partial charge in [0.05, 0.1) is 13.2 Å². The molecule has 1 atom stereocenters. The number of aryl methyl sites for hydroxylation is 1. The van der Waals surface area contributed by atoms with Crippen LogP contribution in [0.5, 0.6) is 5.75 Å². The Bertz CT molecular complexity index is 374. The van der Waals surface area contributed by atoms with E-state index in [4.69, 9.17) is 19.3 Å². The van der Waals surface area contributed by atoms with Gasteiger partial charge < -0.3 is 19.3 Å². The lowest BCUT2D eigenvalue weighted by molar-refractivity contribution is -0.162. The molecular formula is C16H24O4. The summed E-state index contributed by atoms with van der Waals surface area (Å²) in [6, 6.07) is 7.99. The largest absolute Gasteiger partial charge is 0.491 e. The Labute approximate surface area is 120 Å². The quantitative estimate of drug-likeness (QED) is 0.743. The third-order valence-electron chi connectivity index (χ3n) is 3.31. The third-order valence-corrected chi connectivity index (χ3v) is 3.31. The molecule has 4 heteroatoms. The van der Waals surface area contributed by atoms with E-state index in [-0.39, 0.29) is 12.9 Å². The molecule has 0 bridgehead atoms. The predicted octanol–water partition coefficient (Wildman–Crippen LogP) is 2.53. The molecular weight excluding hydrogens is 256 g/mol.